The third-order valence-electron chi connectivity index (χ3n) is 4.28. The van der Waals surface area contributed by atoms with Crippen molar-refractivity contribution in [2.24, 2.45) is 17.6 Å². The summed E-state index contributed by atoms with van der Waals surface area (Å²) < 4.78 is 0. The molecule has 0 unspecified atom stereocenters. The molecule has 1 aromatic carbocycles. The molecule has 0 heterocycles. The van der Waals surface area contributed by atoms with Crippen LogP contribution >= 0.6 is 11.6 Å². The normalized spacial score (nSPS) is 29.6. The molecule has 0 aromatic heterocycles. The van der Waals surface area contributed by atoms with E-state index in [-0.39, 0.29) is 5.54 Å². The van der Waals surface area contributed by atoms with E-state index in [1.54, 1.807) is 0 Å². The van der Waals surface area contributed by atoms with E-state index < -0.39 is 0 Å². The highest BCUT2D eigenvalue weighted by atomic mass is 35.5. The second-order valence-electron chi connectivity index (χ2n) is 5.72. The van der Waals surface area contributed by atoms with Gasteiger partial charge < -0.3 is 5.73 Å². The van der Waals surface area contributed by atoms with Crippen LogP contribution in [0.25, 0.3) is 0 Å². The van der Waals surface area contributed by atoms with Crippen molar-refractivity contribution in [3.05, 3.63) is 34.9 Å². The van der Waals surface area contributed by atoms with Gasteiger partial charge in [0, 0.05) is 10.6 Å². The number of benzene rings is 1. The van der Waals surface area contributed by atoms with Gasteiger partial charge in [0.05, 0.1) is 0 Å². The van der Waals surface area contributed by atoms with Crippen LogP contribution < -0.4 is 5.73 Å². The molecule has 2 rings (SSSR count). The Morgan fingerprint density at radius 3 is 2.35 bits per heavy atom. The Labute approximate surface area is 109 Å². The van der Waals surface area contributed by atoms with E-state index in [2.05, 4.69) is 19.9 Å². The Balaban J connectivity index is 2.15. The van der Waals surface area contributed by atoms with Crippen LogP contribution in [0.15, 0.2) is 24.3 Å². The molecule has 2 heteroatoms. The van der Waals surface area contributed by atoms with Gasteiger partial charge in [-0.05, 0) is 49.1 Å². The van der Waals surface area contributed by atoms with Gasteiger partial charge in [0.1, 0.15) is 0 Å². The first-order valence-corrected chi connectivity index (χ1v) is 6.94. The molecule has 0 bridgehead atoms. The van der Waals surface area contributed by atoms with E-state index >= 15 is 0 Å². The molecule has 0 aliphatic heterocycles. The van der Waals surface area contributed by atoms with Crippen LogP contribution in [-0.4, -0.2) is 0 Å². The molecule has 0 amide bonds. The van der Waals surface area contributed by atoms with Crippen molar-refractivity contribution in [2.45, 2.75) is 45.1 Å². The third-order valence-corrected chi connectivity index (χ3v) is 4.61. The Morgan fingerprint density at radius 1 is 1.24 bits per heavy atom. The Kier molecular flexibility index (Phi) is 3.79. The van der Waals surface area contributed by atoms with Gasteiger partial charge in [-0.2, -0.15) is 0 Å². The lowest BCUT2D eigenvalue weighted by atomic mass is 9.70. The van der Waals surface area contributed by atoms with E-state index in [0.29, 0.717) is 0 Å². The fourth-order valence-corrected chi connectivity index (χ4v) is 3.28. The van der Waals surface area contributed by atoms with Gasteiger partial charge in [-0.15, -0.1) is 0 Å². The molecule has 17 heavy (non-hydrogen) atoms. The molecule has 1 aliphatic carbocycles. The van der Waals surface area contributed by atoms with Crippen molar-refractivity contribution in [3.63, 3.8) is 0 Å². The molecule has 0 radical (unpaired) electrons. The summed E-state index contributed by atoms with van der Waals surface area (Å²) in [5, 5.41) is 0.818. The average molecular weight is 252 g/mol. The molecular weight excluding hydrogens is 230 g/mol. The van der Waals surface area contributed by atoms with Gasteiger partial charge in [-0.1, -0.05) is 43.6 Å². The average Bonchev–Trinajstić information content (AvgIpc) is 2.30. The summed E-state index contributed by atoms with van der Waals surface area (Å²) in [6, 6.07) is 8.03. The van der Waals surface area contributed by atoms with Crippen LogP contribution in [0.5, 0.6) is 0 Å². The highest BCUT2D eigenvalue weighted by Gasteiger charge is 2.35. The van der Waals surface area contributed by atoms with E-state index in [1.165, 1.54) is 12.8 Å². The highest BCUT2D eigenvalue weighted by Crippen LogP contribution is 2.42. The molecule has 94 valence electrons. The van der Waals surface area contributed by atoms with Crippen LogP contribution in [0.4, 0.5) is 0 Å². The van der Waals surface area contributed by atoms with Crippen molar-refractivity contribution >= 4 is 11.6 Å². The van der Waals surface area contributed by atoms with Crippen molar-refractivity contribution in [1.82, 2.24) is 0 Å². The van der Waals surface area contributed by atoms with Crippen molar-refractivity contribution in [1.29, 1.82) is 0 Å². The molecule has 0 saturated heterocycles. The monoisotopic (exact) mass is 251 g/mol. The minimum Gasteiger partial charge on any atom is -0.321 e. The Morgan fingerprint density at radius 2 is 1.82 bits per heavy atom. The lowest BCUT2D eigenvalue weighted by Gasteiger charge is -2.39. The third kappa shape index (κ3) is 2.66. The minimum atomic E-state index is -0.205. The second kappa shape index (κ2) is 4.99. The summed E-state index contributed by atoms with van der Waals surface area (Å²) in [4.78, 5) is 0. The van der Waals surface area contributed by atoms with Crippen LogP contribution in [-0.2, 0) is 5.54 Å². The summed E-state index contributed by atoms with van der Waals surface area (Å²) in [6.07, 6.45) is 4.55. The topological polar surface area (TPSA) is 26.0 Å². The maximum atomic E-state index is 6.56. The molecular formula is C15H22ClN. The van der Waals surface area contributed by atoms with E-state index in [4.69, 9.17) is 17.3 Å². The maximum Gasteiger partial charge on any atom is 0.0456 e. The summed E-state index contributed by atoms with van der Waals surface area (Å²) in [7, 11) is 0. The van der Waals surface area contributed by atoms with Gasteiger partial charge in [0.2, 0.25) is 0 Å². The van der Waals surface area contributed by atoms with Crippen LogP contribution in [0.1, 0.15) is 45.1 Å². The Hall–Kier alpha value is -0.530. The molecule has 1 aromatic rings. The van der Waals surface area contributed by atoms with E-state index in [9.17, 15) is 0 Å². The predicted molar refractivity (Wildman–Crippen MR) is 74.1 cm³/mol. The first-order valence-electron chi connectivity index (χ1n) is 6.57. The lowest BCUT2D eigenvalue weighted by Crippen LogP contribution is -2.41. The number of nitrogens with two attached hydrogens (primary N) is 1. The van der Waals surface area contributed by atoms with Gasteiger partial charge >= 0.3 is 0 Å². The standard InChI is InChI=1S/C15H22ClN/c1-11(2)12-7-9-15(17,10-8-12)13-5-3-4-6-14(13)16/h3-6,11-12H,7-10,17H2,1-2H3. The molecule has 0 spiro atoms. The fourth-order valence-electron chi connectivity index (χ4n) is 2.96. The van der Waals surface area contributed by atoms with Crippen molar-refractivity contribution < 1.29 is 0 Å². The smallest absolute Gasteiger partial charge is 0.0456 e. The fraction of sp³-hybridized carbons (Fsp3) is 0.600. The first-order chi connectivity index (χ1) is 8.03. The van der Waals surface area contributed by atoms with Gasteiger partial charge in [-0.25, -0.2) is 0 Å². The number of rotatable bonds is 2. The molecule has 1 saturated carbocycles. The quantitative estimate of drug-likeness (QED) is 0.831. The molecule has 1 nitrogen and oxygen atoms in total. The second-order valence-corrected chi connectivity index (χ2v) is 6.12. The SMILES string of the molecule is CC(C)C1CCC(N)(c2ccccc2Cl)CC1. The van der Waals surface area contributed by atoms with Gasteiger partial charge in [0.25, 0.3) is 0 Å². The molecule has 1 fully saturated rings. The minimum absolute atomic E-state index is 0.205. The van der Waals surface area contributed by atoms with Crippen LogP contribution in [0.2, 0.25) is 5.02 Å². The van der Waals surface area contributed by atoms with Crippen LogP contribution in [0, 0.1) is 11.8 Å². The lowest BCUT2D eigenvalue weighted by molar-refractivity contribution is 0.196. The number of hydrogen-bond donors (Lipinski definition) is 1. The first kappa shape index (κ1) is 12.9. The maximum absolute atomic E-state index is 6.56. The van der Waals surface area contributed by atoms with Crippen LogP contribution in [0.3, 0.4) is 0 Å². The highest BCUT2D eigenvalue weighted by molar-refractivity contribution is 6.31. The van der Waals surface area contributed by atoms with Crippen molar-refractivity contribution in [2.75, 3.05) is 0 Å². The molecule has 1 aliphatic rings. The van der Waals surface area contributed by atoms with Crippen molar-refractivity contribution in [3.8, 4) is 0 Å². The summed E-state index contributed by atoms with van der Waals surface area (Å²) in [5.74, 6) is 1.60. The molecule has 2 N–H and O–H groups in total. The summed E-state index contributed by atoms with van der Waals surface area (Å²) in [5.41, 5.74) is 7.48. The zero-order valence-corrected chi connectivity index (χ0v) is 11.5. The van der Waals surface area contributed by atoms with E-state index in [1.807, 2.05) is 18.2 Å². The zero-order valence-electron chi connectivity index (χ0n) is 10.7. The molecule has 0 atom stereocenters. The summed E-state index contributed by atoms with van der Waals surface area (Å²) >= 11 is 6.27. The number of halogens is 1. The van der Waals surface area contributed by atoms with Gasteiger partial charge in [-0.3, -0.25) is 0 Å². The summed E-state index contributed by atoms with van der Waals surface area (Å²) in [6.45, 7) is 4.62. The largest absolute Gasteiger partial charge is 0.321 e. The zero-order chi connectivity index (χ0) is 12.5. The van der Waals surface area contributed by atoms with E-state index in [0.717, 1.165) is 35.3 Å². The number of hydrogen-bond acceptors (Lipinski definition) is 1. The predicted octanol–water partition coefficient (Wildman–Crippen LogP) is 4.34. The van der Waals surface area contributed by atoms with Gasteiger partial charge in [0.15, 0.2) is 0 Å². The Bertz CT molecular complexity index is 378.